The third-order valence-corrected chi connectivity index (χ3v) is 4.75. The fraction of sp³-hybridized carbons (Fsp3) is 0.278. The number of ketones is 1. The summed E-state index contributed by atoms with van der Waals surface area (Å²) >= 11 is 0. The van der Waals surface area contributed by atoms with Crippen LogP contribution in [-0.4, -0.2) is 12.9 Å². The smallest absolute Gasteiger partial charge is 0.167 e. The first-order chi connectivity index (χ1) is 9.78. The van der Waals surface area contributed by atoms with Crippen LogP contribution in [0.1, 0.15) is 33.0 Å². The van der Waals surface area contributed by atoms with Crippen molar-refractivity contribution < 1.29 is 9.53 Å². The number of carbonyl (C=O) groups is 1. The summed E-state index contributed by atoms with van der Waals surface area (Å²) in [6.07, 6.45) is 1.85. The van der Waals surface area contributed by atoms with Crippen molar-refractivity contribution in [3.05, 3.63) is 64.7 Å². The standard InChI is InChI=1S/C18H16O2/c1-20-13-6-7-14-15-8-11-4-2-3-5-12(11)9-16(15)18(19)17(14)10-13/h2-7,10,15-16H,8-9H2,1H3. The number of methoxy groups -OCH3 is 1. The molecule has 0 radical (unpaired) electrons. The molecule has 0 N–H and O–H groups in total. The number of rotatable bonds is 1. The minimum absolute atomic E-state index is 0.118. The Kier molecular flexibility index (Phi) is 2.46. The molecule has 2 aromatic carbocycles. The maximum absolute atomic E-state index is 12.7. The van der Waals surface area contributed by atoms with Gasteiger partial charge >= 0.3 is 0 Å². The van der Waals surface area contributed by atoms with E-state index in [0.717, 1.165) is 24.2 Å². The van der Waals surface area contributed by atoms with Crippen LogP contribution in [0, 0.1) is 5.92 Å². The van der Waals surface area contributed by atoms with Gasteiger partial charge in [-0.3, -0.25) is 4.79 Å². The first-order valence-electron chi connectivity index (χ1n) is 7.07. The zero-order valence-electron chi connectivity index (χ0n) is 11.4. The average molecular weight is 264 g/mol. The van der Waals surface area contributed by atoms with Gasteiger partial charge in [-0.1, -0.05) is 30.3 Å². The molecule has 2 heteroatoms. The molecule has 2 nitrogen and oxygen atoms in total. The van der Waals surface area contributed by atoms with Gasteiger partial charge in [-0.25, -0.2) is 0 Å². The number of hydrogen-bond acceptors (Lipinski definition) is 2. The minimum atomic E-state index is 0.118. The predicted octanol–water partition coefficient (Wildman–Crippen LogP) is 3.39. The summed E-state index contributed by atoms with van der Waals surface area (Å²) < 4.78 is 5.25. The van der Waals surface area contributed by atoms with Gasteiger partial charge in [-0.2, -0.15) is 0 Å². The minimum Gasteiger partial charge on any atom is -0.497 e. The van der Waals surface area contributed by atoms with Crippen molar-refractivity contribution in [2.45, 2.75) is 18.8 Å². The van der Waals surface area contributed by atoms with E-state index in [4.69, 9.17) is 4.74 Å². The van der Waals surface area contributed by atoms with E-state index >= 15 is 0 Å². The molecule has 2 aliphatic rings. The van der Waals surface area contributed by atoms with Crippen molar-refractivity contribution in [1.82, 2.24) is 0 Å². The summed E-state index contributed by atoms with van der Waals surface area (Å²) in [5.41, 5.74) is 4.80. The van der Waals surface area contributed by atoms with E-state index < -0.39 is 0 Å². The Morgan fingerprint density at radius 1 is 1.00 bits per heavy atom. The van der Waals surface area contributed by atoms with Gasteiger partial charge in [0.05, 0.1) is 7.11 Å². The lowest BCUT2D eigenvalue weighted by Gasteiger charge is -2.27. The van der Waals surface area contributed by atoms with Gasteiger partial charge in [0.15, 0.2) is 5.78 Å². The Labute approximate surface area is 118 Å². The molecule has 0 aliphatic heterocycles. The van der Waals surface area contributed by atoms with Crippen molar-refractivity contribution >= 4 is 5.78 Å². The second kappa shape index (κ2) is 4.20. The summed E-state index contributed by atoms with van der Waals surface area (Å²) in [5, 5.41) is 0. The fourth-order valence-corrected chi connectivity index (χ4v) is 3.72. The van der Waals surface area contributed by atoms with Crippen molar-refractivity contribution in [3.8, 4) is 5.75 Å². The largest absolute Gasteiger partial charge is 0.497 e. The summed E-state index contributed by atoms with van der Waals surface area (Å²) in [6, 6.07) is 14.4. The number of benzene rings is 2. The lowest BCUT2D eigenvalue weighted by atomic mass is 9.76. The highest BCUT2D eigenvalue weighted by Crippen LogP contribution is 2.46. The SMILES string of the molecule is COc1ccc2c(c1)C(=O)C1Cc3ccccc3CC21. The molecule has 0 saturated heterocycles. The lowest BCUT2D eigenvalue weighted by Crippen LogP contribution is -2.23. The molecule has 0 spiro atoms. The lowest BCUT2D eigenvalue weighted by molar-refractivity contribution is 0.0918. The molecule has 4 rings (SSSR count). The Hall–Kier alpha value is -2.09. The first-order valence-corrected chi connectivity index (χ1v) is 7.07. The normalized spacial score (nSPS) is 22.9. The third-order valence-electron chi connectivity index (χ3n) is 4.75. The van der Waals surface area contributed by atoms with E-state index in [-0.39, 0.29) is 5.92 Å². The number of ether oxygens (including phenoxy) is 1. The molecule has 0 aromatic heterocycles. The molecule has 0 bridgehead atoms. The molecular weight excluding hydrogens is 248 g/mol. The van der Waals surface area contributed by atoms with E-state index in [1.807, 2.05) is 12.1 Å². The van der Waals surface area contributed by atoms with Crippen LogP contribution in [-0.2, 0) is 12.8 Å². The Balaban J connectivity index is 1.81. The van der Waals surface area contributed by atoms with Gasteiger partial charge in [0.2, 0.25) is 0 Å². The number of Topliss-reactive ketones (excluding diaryl/α,β-unsaturated/α-hetero) is 1. The number of carbonyl (C=O) groups excluding carboxylic acids is 1. The topological polar surface area (TPSA) is 26.3 Å². The molecule has 0 fully saturated rings. The second-order valence-corrected chi connectivity index (χ2v) is 5.71. The molecular formula is C18H16O2. The molecule has 2 aliphatic carbocycles. The molecule has 0 saturated carbocycles. The molecule has 2 atom stereocenters. The van der Waals surface area contributed by atoms with E-state index in [9.17, 15) is 4.79 Å². The maximum atomic E-state index is 12.7. The highest BCUT2D eigenvalue weighted by atomic mass is 16.5. The van der Waals surface area contributed by atoms with Crippen LogP contribution in [0.3, 0.4) is 0 Å². The quantitative estimate of drug-likeness (QED) is 0.789. The zero-order valence-corrected chi connectivity index (χ0v) is 11.4. The van der Waals surface area contributed by atoms with Crippen LogP contribution < -0.4 is 4.74 Å². The first kappa shape index (κ1) is 11.7. The molecule has 100 valence electrons. The summed E-state index contributed by atoms with van der Waals surface area (Å²) in [7, 11) is 1.64. The van der Waals surface area contributed by atoms with Crippen molar-refractivity contribution in [2.24, 2.45) is 5.92 Å². The molecule has 2 aromatic rings. The Morgan fingerprint density at radius 2 is 1.70 bits per heavy atom. The fourth-order valence-electron chi connectivity index (χ4n) is 3.72. The number of fused-ring (bicyclic) bond motifs is 4. The molecule has 2 unspecified atom stereocenters. The van der Waals surface area contributed by atoms with Crippen LogP contribution in [0.15, 0.2) is 42.5 Å². The second-order valence-electron chi connectivity index (χ2n) is 5.71. The Bertz CT molecular complexity index is 702. The van der Waals surface area contributed by atoms with E-state index in [2.05, 4.69) is 30.3 Å². The molecule has 0 heterocycles. The van der Waals surface area contributed by atoms with Crippen molar-refractivity contribution in [3.63, 3.8) is 0 Å². The van der Waals surface area contributed by atoms with Gasteiger partial charge in [0, 0.05) is 11.5 Å². The summed E-state index contributed by atoms with van der Waals surface area (Å²) in [6.45, 7) is 0. The summed E-state index contributed by atoms with van der Waals surface area (Å²) in [4.78, 5) is 12.7. The monoisotopic (exact) mass is 264 g/mol. The predicted molar refractivity (Wildman–Crippen MR) is 77.4 cm³/mol. The molecule has 0 amide bonds. The van der Waals surface area contributed by atoms with Gasteiger partial charge in [-0.15, -0.1) is 0 Å². The van der Waals surface area contributed by atoms with Crippen molar-refractivity contribution in [2.75, 3.05) is 7.11 Å². The van der Waals surface area contributed by atoms with Crippen LogP contribution in [0.2, 0.25) is 0 Å². The molecule has 20 heavy (non-hydrogen) atoms. The highest BCUT2D eigenvalue weighted by molar-refractivity contribution is 6.04. The van der Waals surface area contributed by atoms with Gasteiger partial charge < -0.3 is 4.74 Å². The van der Waals surface area contributed by atoms with E-state index in [0.29, 0.717) is 11.7 Å². The van der Waals surface area contributed by atoms with Crippen molar-refractivity contribution in [1.29, 1.82) is 0 Å². The van der Waals surface area contributed by atoms with E-state index in [1.165, 1.54) is 16.7 Å². The zero-order chi connectivity index (χ0) is 13.7. The summed E-state index contributed by atoms with van der Waals surface area (Å²) in [5.74, 6) is 1.52. The van der Waals surface area contributed by atoms with Crippen LogP contribution in [0.5, 0.6) is 5.75 Å². The van der Waals surface area contributed by atoms with E-state index in [1.54, 1.807) is 7.11 Å². The Morgan fingerprint density at radius 3 is 2.40 bits per heavy atom. The maximum Gasteiger partial charge on any atom is 0.167 e. The van der Waals surface area contributed by atoms with Crippen LogP contribution >= 0.6 is 0 Å². The van der Waals surface area contributed by atoms with Gasteiger partial charge in [0.25, 0.3) is 0 Å². The van der Waals surface area contributed by atoms with Gasteiger partial charge in [0.1, 0.15) is 5.75 Å². The third kappa shape index (κ3) is 1.54. The number of hydrogen-bond donors (Lipinski definition) is 0. The average Bonchev–Trinajstić information content (AvgIpc) is 2.77. The van der Waals surface area contributed by atoms with Gasteiger partial charge in [-0.05, 0) is 47.6 Å². The highest BCUT2D eigenvalue weighted by Gasteiger charge is 2.42. The van der Waals surface area contributed by atoms with Crippen LogP contribution in [0.25, 0.3) is 0 Å². The van der Waals surface area contributed by atoms with Crippen LogP contribution in [0.4, 0.5) is 0 Å².